The van der Waals surface area contributed by atoms with Crippen LogP contribution in [-0.2, 0) is 10.8 Å². The van der Waals surface area contributed by atoms with Crippen molar-refractivity contribution in [2.75, 3.05) is 0 Å². The van der Waals surface area contributed by atoms with Gasteiger partial charge in [0.1, 0.15) is 23.0 Å². The van der Waals surface area contributed by atoms with E-state index in [4.69, 9.17) is 18.6 Å². The maximum absolute atomic E-state index is 5.85. The molecule has 2 heterocycles. The monoisotopic (exact) mass is 454 g/mol. The number of benzene rings is 2. The Hall–Kier alpha value is -3.11. The van der Waals surface area contributed by atoms with E-state index >= 15 is 0 Å². The lowest BCUT2D eigenvalue weighted by Gasteiger charge is -2.19. The van der Waals surface area contributed by atoms with Crippen LogP contribution in [0.5, 0.6) is 23.0 Å². The van der Waals surface area contributed by atoms with Gasteiger partial charge in [-0.1, -0.05) is 65.3 Å². The summed E-state index contributed by atoms with van der Waals surface area (Å²) in [5.74, 6) is 15.6. The van der Waals surface area contributed by atoms with E-state index in [1.54, 1.807) is 0 Å². The molecule has 0 bridgehead atoms. The van der Waals surface area contributed by atoms with E-state index in [1.165, 1.54) is 11.1 Å². The lowest BCUT2D eigenvalue weighted by atomic mass is 9.87. The van der Waals surface area contributed by atoms with Gasteiger partial charge in [-0.2, -0.15) is 0 Å². The summed E-state index contributed by atoms with van der Waals surface area (Å²) >= 11 is 0. The number of hydrogen-bond donors (Lipinski definition) is 0. The molecule has 0 radical (unpaired) electrons. The summed E-state index contributed by atoms with van der Waals surface area (Å²) in [6.07, 6.45) is 3.51. The van der Waals surface area contributed by atoms with Crippen molar-refractivity contribution < 1.29 is 18.6 Å². The lowest BCUT2D eigenvalue weighted by molar-refractivity contribution is 0.519. The zero-order chi connectivity index (χ0) is 24.3. The molecule has 0 unspecified atom stereocenters. The molecule has 34 heavy (non-hydrogen) atoms. The normalized spacial score (nSPS) is 13.8. The fourth-order valence-corrected chi connectivity index (χ4v) is 3.69. The van der Waals surface area contributed by atoms with Gasteiger partial charge in [-0.25, -0.2) is 0 Å². The zero-order valence-corrected chi connectivity index (χ0v) is 21.1. The highest BCUT2D eigenvalue weighted by Gasteiger charge is 2.32. The highest BCUT2D eigenvalue weighted by atomic mass is 16.6. The van der Waals surface area contributed by atoms with E-state index in [0.29, 0.717) is 0 Å². The first-order chi connectivity index (χ1) is 16.1. The third-order valence-electron chi connectivity index (χ3n) is 5.85. The Morgan fingerprint density at radius 2 is 0.971 bits per heavy atom. The Morgan fingerprint density at radius 3 is 1.35 bits per heavy atom. The highest BCUT2D eigenvalue weighted by molar-refractivity contribution is 6.57. The minimum atomic E-state index is -0.526. The Balaban J connectivity index is 1.17. The van der Waals surface area contributed by atoms with Crippen molar-refractivity contribution in [3.8, 4) is 46.5 Å². The molecule has 2 aromatic carbocycles. The van der Waals surface area contributed by atoms with Crippen LogP contribution in [0.4, 0.5) is 0 Å². The summed E-state index contributed by atoms with van der Waals surface area (Å²) in [5, 5.41) is 0. The molecule has 0 N–H and O–H groups in total. The number of fused-ring (bicyclic) bond motifs is 2. The van der Waals surface area contributed by atoms with Gasteiger partial charge < -0.3 is 18.6 Å². The van der Waals surface area contributed by atoms with E-state index in [0.717, 1.165) is 48.7 Å². The summed E-state index contributed by atoms with van der Waals surface area (Å²) in [4.78, 5) is 0. The minimum Gasteiger partial charge on any atom is -0.512 e. The molecule has 0 aliphatic carbocycles. The van der Waals surface area contributed by atoms with Crippen molar-refractivity contribution in [3.63, 3.8) is 0 Å². The average molecular weight is 454 g/mol. The molecule has 4 rings (SSSR count). The molecule has 0 amide bonds. The molecule has 6 heteroatoms. The van der Waals surface area contributed by atoms with Crippen molar-refractivity contribution in [2.45, 2.75) is 78.1 Å². The van der Waals surface area contributed by atoms with Crippen molar-refractivity contribution in [2.24, 2.45) is 0 Å². The summed E-state index contributed by atoms with van der Waals surface area (Å²) in [5.41, 5.74) is 2.58. The second kappa shape index (κ2) is 9.63. The van der Waals surface area contributed by atoms with Gasteiger partial charge in [0.15, 0.2) is 0 Å². The molecule has 0 aromatic heterocycles. The summed E-state index contributed by atoms with van der Waals surface area (Å²) < 4.78 is 23.3. The zero-order valence-electron chi connectivity index (χ0n) is 21.1. The topological polar surface area (TPSA) is 36.9 Å². The molecule has 0 fully saturated rings. The van der Waals surface area contributed by atoms with Crippen LogP contribution in [-0.4, -0.2) is 14.2 Å². The van der Waals surface area contributed by atoms with E-state index in [9.17, 15) is 0 Å². The van der Waals surface area contributed by atoms with Crippen LogP contribution in [0.2, 0.25) is 0 Å². The Kier molecular flexibility index (Phi) is 6.81. The first-order valence-electron chi connectivity index (χ1n) is 12.0. The Bertz CT molecular complexity index is 1080. The first kappa shape index (κ1) is 24.0. The highest BCUT2D eigenvalue weighted by Crippen LogP contribution is 2.38. The predicted octanol–water partition coefficient (Wildman–Crippen LogP) is 6.15. The molecule has 2 aromatic rings. The van der Waals surface area contributed by atoms with E-state index in [-0.39, 0.29) is 10.8 Å². The van der Waals surface area contributed by atoms with Crippen LogP contribution in [0.1, 0.15) is 78.4 Å². The second-order valence-corrected chi connectivity index (χ2v) is 10.8. The van der Waals surface area contributed by atoms with Gasteiger partial charge in [0.2, 0.25) is 0 Å². The molecule has 2 aliphatic heterocycles. The van der Waals surface area contributed by atoms with Crippen LogP contribution >= 0.6 is 0 Å². The standard InChI is InChI=1S/C28H32B2O4/c1-27(2,3)21-13-15-23-25(19-21)33-29(31-23)17-11-9-7-8-10-12-18-30-32-24-16-14-22(28(4,5)6)20-26(24)34-30/h13-16,19-20H,7-10H2,1-6H3. The molecule has 0 atom stereocenters. The number of hydrogen-bond acceptors (Lipinski definition) is 4. The quantitative estimate of drug-likeness (QED) is 0.317. The second-order valence-electron chi connectivity index (χ2n) is 10.8. The third-order valence-corrected chi connectivity index (χ3v) is 5.85. The maximum Gasteiger partial charge on any atom is 0.690 e. The van der Waals surface area contributed by atoms with Crippen LogP contribution < -0.4 is 18.6 Å². The summed E-state index contributed by atoms with van der Waals surface area (Å²) in [6, 6.07) is 12.2. The molecular weight excluding hydrogens is 422 g/mol. The largest absolute Gasteiger partial charge is 0.690 e. The molecule has 2 aliphatic rings. The third kappa shape index (κ3) is 5.87. The van der Waals surface area contributed by atoms with Crippen LogP contribution in [0.25, 0.3) is 0 Å². The van der Waals surface area contributed by atoms with Gasteiger partial charge >= 0.3 is 14.2 Å². The first-order valence-corrected chi connectivity index (χ1v) is 12.0. The number of unbranched alkanes of at least 4 members (excludes halogenated alkanes) is 3. The van der Waals surface area contributed by atoms with Crippen molar-refractivity contribution in [1.29, 1.82) is 0 Å². The van der Waals surface area contributed by atoms with E-state index in [1.807, 2.05) is 12.1 Å². The van der Waals surface area contributed by atoms with Crippen LogP contribution in [0.3, 0.4) is 0 Å². The van der Waals surface area contributed by atoms with Gasteiger partial charge in [-0.15, -0.1) is 11.8 Å². The smallest absolute Gasteiger partial charge is 0.512 e. The number of rotatable bonds is 3. The average Bonchev–Trinajstić information content (AvgIpc) is 3.36. The summed E-state index contributed by atoms with van der Waals surface area (Å²) in [7, 11) is -1.05. The molecule has 0 saturated carbocycles. The fourth-order valence-electron chi connectivity index (χ4n) is 3.69. The molecule has 0 saturated heterocycles. The van der Waals surface area contributed by atoms with Gasteiger partial charge in [0, 0.05) is 12.8 Å². The van der Waals surface area contributed by atoms with Crippen molar-refractivity contribution in [3.05, 3.63) is 47.5 Å². The lowest BCUT2D eigenvalue weighted by Crippen LogP contribution is -2.22. The molecule has 0 spiro atoms. The van der Waals surface area contributed by atoms with Gasteiger partial charge in [0.25, 0.3) is 0 Å². The molecule has 4 nitrogen and oxygen atoms in total. The molecule has 174 valence electrons. The Labute approximate surface area is 205 Å². The minimum absolute atomic E-state index is 0.0703. The van der Waals surface area contributed by atoms with Gasteiger partial charge in [0.05, 0.1) is 0 Å². The fraction of sp³-hybridized carbons (Fsp3) is 0.429. The van der Waals surface area contributed by atoms with Gasteiger partial charge in [-0.3, -0.25) is 0 Å². The Morgan fingerprint density at radius 1 is 0.588 bits per heavy atom. The van der Waals surface area contributed by atoms with E-state index < -0.39 is 14.2 Å². The SMILES string of the molecule is CC(C)(C)c1ccc2c(c1)OB(C#CCCCCC#CB1Oc3ccc(C(C)(C)C)cc3O1)O2. The van der Waals surface area contributed by atoms with Crippen molar-refractivity contribution >= 4 is 14.2 Å². The van der Waals surface area contributed by atoms with Gasteiger partial charge in [-0.05, 0) is 59.1 Å². The van der Waals surface area contributed by atoms with Crippen molar-refractivity contribution in [1.82, 2.24) is 0 Å². The molecular formula is C28H32B2O4. The van der Waals surface area contributed by atoms with Crippen LogP contribution in [0, 0.1) is 23.5 Å². The maximum atomic E-state index is 5.85. The van der Waals surface area contributed by atoms with Crippen LogP contribution in [0.15, 0.2) is 36.4 Å². The predicted molar refractivity (Wildman–Crippen MR) is 138 cm³/mol. The van der Waals surface area contributed by atoms with E-state index in [2.05, 4.69) is 89.3 Å². The summed E-state index contributed by atoms with van der Waals surface area (Å²) in [6.45, 7) is 13.1.